The number of rotatable bonds is 6. The van der Waals surface area contributed by atoms with Gasteiger partial charge in [0.15, 0.2) is 0 Å². The van der Waals surface area contributed by atoms with E-state index in [-0.39, 0.29) is 11.4 Å². The number of carboxylic acid groups (broad SMARTS) is 1. The van der Waals surface area contributed by atoms with Gasteiger partial charge in [0.2, 0.25) is 11.8 Å². The summed E-state index contributed by atoms with van der Waals surface area (Å²) in [6, 6.07) is 17.1. The zero-order valence-corrected chi connectivity index (χ0v) is 20.0. The molecule has 2 fully saturated rings. The first-order chi connectivity index (χ1) is 16.9. The predicted octanol–water partition coefficient (Wildman–Crippen LogP) is 3.99. The largest absolute Gasteiger partial charge is 0.480 e. The van der Waals surface area contributed by atoms with Gasteiger partial charge in [0, 0.05) is 30.7 Å². The molecule has 5 rings (SSSR count). The van der Waals surface area contributed by atoms with Crippen LogP contribution in [0.3, 0.4) is 0 Å². The van der Waals surface area contributed by atoms with Gasteiger partial charge in [-0.3, -0.25) is 4.79 Å². The van der Waals surface area contributed by atoms with Crippen molar-refractivity contribution in [3.63, 3.8) is 0 Å². The lowest BCUT2D eigenvalue weighted by Crippen LogP contribution is -2.41. The predicted molar refractivity (Wildman–Crippen MR) is 136 cm³/mol. The van der Waals surface area contributed by atoms with E-state index in [2.05, 4.69) is 20.2 Å². The molecule has 1 spiro atoms. The molecule has 0 bridgehead atoms. The van der Waals surface area contributed by atoms with Crippen molar-refractivity contribution in [2.24, 2.45) is 5.41 Å². The molecule has 2 aliphatic rings. The van der Waals surface area contributed by atoms with E-state index < -0.39 is 12.0 Å². The molecule has 1 aromatic heterocycles. The van der Waals surface area contributed by atoms with Gasteiger partial charge in [-0.05, 0) is 53.5 Å². The van der Waals surface area contributed by atoms with E-state index in [0.29, 0.717) is 23.9 Å². The molecule has 3 heterocycles. The van der Waals surface area contributed by atoms with E-state index in [9.17, 15) is 9.90 Å². The monoisotopic (exact) mass is 493 g/mol. The second-order valence-electron chi connectivity index (χ2n) is 9.34. The number of hydrogen-bond donors (Lipinski definition) is 3. The molecule has 4 N–H and O–H groups in total. The fraction of sp³-hybridized carbons (Fsp3) is 0.346. The first kappa shape index (κ1) is 23.4. The second kappa shape index (κ2) is 9.71. The van der Waals surface area contributed by atoms with Gasteiger partial charge in [-0.15, -0.1) is 0 Å². The van der Waals surface area contributed by atoms with Crippen molar-refractivity contribution in [1.29, 1.82) is 0 Å². The summed E-state index contributed by atoms with van der Waals surface area (Å²) in [6.45, 7) is 2.60. The minimum atomic E-state index is -0.772. The van der Waals surface area contributed by atoms with Gasteiger partial charge < -0.3 is 25.8 Å². The molecular weight excluding hydrogens is 466 g/mol. The Morgan fingerprint density at radius 2 is 1.94 bits per heavy atom. The van der Waals surface area contributed by atoms with Gasteiger partial charge in [-0.1, -0.05) is 48.0 Å². The number of benzene rings is 2. The average molecular weight is 494 g/mol. The number of hydrogen-bond acceptors (Lipinski definition) is 7. The van der Waals surface area contributed by atoms with Gasteiger partial charge in [0.25, 0.3) is 0 Å². The summed E-state index contributed by atoms with van der Waals surface area (Å²) in [5.41, 5.74) is 9.10. The van der Waals surface area contributed by atoms with Crippen molar-refractivity contribution in [2.75, 3.05) is 30.3 Å². The Balaban J connectivity index is 1.28. The molecule has 9 heteroatoms. The molecule has 0 unspecified atom stereocenters. The van der Waals surface area contributed by atoms with Crippen LogP contribution in [0.25, 0.3) is 11.1 Å². The van der Waals surface area contributed by atoms with Crippen molar-refractivity contribution in [2.45, 2.75) is 31.9 Å². The number of aliphatic carboxylic acids is 1. The molecular formula is C26H28ClN5O3. The number of aromatic nitrogens is 2. The van der Waals surface area contributed by atoms with Gasteiger partial charge in [-0.25, -0.2) is 0 Å². The van der Waals surface area contributed by atoms with Gasteiger partial charge in [-0.2, -0.15) is 9.97 Å². The third kappa shape index (κ3) is 5.18. The first-order valence-corrected chi connectivity index (χ1v) is 12.1. The number of ether oxygens (including phenoxy) is 1. The maximum atomic E-state index is 11.3. The van der Waals surface area contributed by atoms with Crippen LogP contribution in [-0.2, 0) is 11.4 Å². The Labute approximate surface area is 209 Å². The number of carbonyl (C=O) groups is 1. The van der Waals surface area contributed by atoms with E-state index in [4.69, 9.17) is 22.1 Å². The Morgan fingerprint density at radius 3 is 2.66 bits per heavy atom. The smallest absolute Gasteiger partial charge is 0.320 e. The van der Waals surface area contributed by atoms with Crippen LogP contribution in [-0.4, -0.2) is 46.7 Å². The highest BCUT2D eigenvalue weighted by Crippen LogP contribution is 2.40. The maximum absolute atomic E-state index is 11.3. The van der Waals surface area contributed by atoms with Gasteiger partial charge >= 0.3 is 5.97 Å². The lowest BCUT2D eigenvalue weighted by Gasteiger charge is -2.39. The Hall–Kier alpha value is -3.36. The minimum Gasteiger partial charge on any atom is -0.480 e. The molecule has 3 aromatic rings. The van der Waals surface area contributed by atoms with Crippen molar-refractivity contribution in [3.8, 4) is 17.0 Å². The standard InChI is InChI=1S/C26H28ClN5O3/c27-19-7-6-18(20(12-19)17-4-2-1-3-5-17)15-35-23-13-22(30-25(28)31-23)32-10-8-26(9-11-32)14-21(24(33)34)29-16-26/h1-7,12-13,21,29H,8-11,14-16H2,(H,33,34)(H2,28,30,31)/t21-/m0/s1. The SMILES string of the molecule is Nc1nc(OCc2ccc(Cl)cc2-c2ccccc2)cc(N2CCC3(CC2)CN[C@H](C(=O)O)C3)n1. The maximum Gasteiger partial charge on any atom is 0.320 e. The van der Waals surface area contributed by atoms with Crippen LogP contribution < -0.4 is 20.7 Å². The highest BCUT2D eigenvalue weighted by molar-refractivity contribution is 6.30. The molecule has 2 aromatic carbocycles. The lowest BCUT2D eigenvalue weighted by atomic mass is 9.76. The number of nitrogens with two attached hydrogens (primary N) is 1. The first-order valence-electron chi connectivity index (χ1n) is 11.7. The molecule has 8 nitrogen and oxygen atoms in total. The highest BCUT2D eigenvalue weighted by Gasteiger charge is 2.43. The van der Waals surface area contributed by atoms with Crippen LogP contribution in [0.5, 0.6) is 5.88 Å². The average Bonchev–Trinajstić information content (AvgIpc) is 3.28. The van der Waals surface area contributed by atoms with Crippen LogP contribution in [0.4, 0.5) is 11.8 Å². The summed E-state index contributed by atoms with van der Waals surface area (Å²) in [5.74, 6) is 0.522. The van der Waals surface area contributed by atoms with E-state index >= 15 is 0 Å². The van der Waals surface area contributed by atoms with Crippen LogP contribution in [0.1, 0.15) is 24.8 Å². The van der Waals surface area contributed by atoms with E-state index in [1.807, 2.05) is 54.6 Å². The van der Waals surface area contributed by atoms with Crippen molar-refractivity contribution >= 4 is 29.3 Å². The number of anilines is 2. The second-order valence-corrected chi connectivity index (χ2v) is 9.78. The molecule has 1 atom stereocenters. The van der Waals surface area contributed by atoms with E-state index in [1.54, 1.807) is 0 Å². The topological polar surface area (TPSA) is 114 Å². The van der Waals surface area contributed by atoms with Crippen molar-refractivity contribution in [3.05, 3.63) is 65.2 Å². The minimum absolute atomic E-state index is 0.0277. The van der Waals surface area contributed by atoms with Crippen LogP contribution >= 0.6 is 11.6 Å². The molecule has 182 valence electrons. The molecule has 2 saturated heterocycles. The fourth-order valence-electron chi connectivity index (χ4n) is 5.06. The summed E-state index contributed by atoms with van der Waals surface area (Å²) in [7, 11) is 0. The van der Waals surface area contributed by atoms with Crippen LogP contribution in [0.15, 0.2) is 54.6 Å². The number of nitrogen functional groups attached to an aromatic ring is 1. The normalized spacial score (nSPS) is 19.1. The van der Waals surface area contributed by atoms with E-state index in [1.165, 1.54) is 0 Å². The quantitative estimate of drug-likeness (QED) is 0.472. The number of nitrogens with one attached hydrogen (secondary N) is 1. The molecule has 0 radical (unpaired) electrons. The van der Waals surface area contributed by atoms with Crippen molar-refractivity contribution in [1.82, 2.24) is 15.3 Å². The third-order valence-corrected chi connectivity index (χ3v) is 7.28. The number of carboxylic acids is 1. The highest BCUT2D eigenvalue weighted by atomic mass is 35.5. The molecule has 35 heavy (non-hydrogen) atoms. The van der Waals surface area contributed by atoms with E-state index in [0.717, 1.165) is 55.0 Å². The Kier molecular flexibility index (Phi) is 6.49. The molecule has 0 aliphatic carbocycles. The fourth-order valence-corrected chi connectivity index (χ4v) is 5.23. The number of halogens is 1. The number of piperidine rings is 1. The summed E-state index contributed by atoms with van der Waals surface area (Å²) in [4.78, 5) is 22.2. The molecule has 0 saturated carbocycles. The number of nitrogens with zero attached hydrogens (tertiary/aromatic N) is 3. The van der Waals surface area contributed by atoms with Crippen LogP contribution in [0.2, 0.25) is 5.02 Å². The summed E-state index contributed by atoms with van der Waals surface area (Å²) in [5, 5.41) is 13.1. The zero-order chi connectivity index (χ0) is 24.4. The lowest BCUT2D eigenvalue weighted by molar-refractivity contribution is -0.139. The Morgan fingerprint density at radius 1 is 1.17 bits per heavy atom. The summed E-state index contributed by atoms with van der Waals surface area (Å²) < 4.78 is 6.06. The molecule has 2 aliphatic heterocycles. The van der Waals surface area contributed by atoms with Crippen molar-refractivity contribution < 1.29 is 14.6 Å². The van der Waals surface area contributed by atoms with Crippen LogP contribution in [0, 0.1) is 5.41 Å². The molecule has 0 amide bonds. The summed E-state index contributed by atoms with van der Waals surface area (Å²) >= 11 is 6.26. The summed E-state index contributed by atoms with van der Waals surface area (Å²) in [6.07, 6.45) is 2.46. The third-order valence-electron chi connectivity index (χ3n) is 7.05. The zero-order valence-electron chi connectivity index (χ0n) is 19.3. The van der Waals surface area contributed by atoms with Gasteiger partial charge in [0.1, 0.15) is 18.5 Å². The van der Waals surface area contributed by atoms with Gasteiger partial charge in [0.05, 0.1) is 0 Å². The Bertz CT molecular complexity index is 1210.